The zero-order chi connectivity index (χ0) is 20.4. The molecular weight excluding hydrogens is 372 g/mol. The van der Waals surface area contributed by atoms with E-state index >= 15 is 0 Å². The molecule has 0 aliphatic heterocycles. The smallest absolute Gasteiger partial charge is 0.170 e. The second kappa shape index (κ2) is 7.59. The number of fused-ring (bicyclic) bond motifs is 2. The van der Waals surface area contributed by atoms with Gasteiger partial charge in [-0.2, -0.15) is 0 Å². The minimum Gasteiger partial charge on any atom is -0.461 e. The maximum Gasteiger partial charge on any atom is 0.170 e. The lowest BCUT2D eigenvalue weighted by Gasteiger charge is -1.97. The van der Waals surface area contributed by atoms with Crippen LogP contribution in [0.25, 0.3) is 21.9 Å². The molecule has 0 amide bonds. The van der Waals surface area contributed by atoms with E-state index in [1.807, 2.05) is 36.4 Å². The Hall–Kier alpha value is -3.94. The average molecular weight is 392 g/mol. The fraction of sp³-hybridized carbons (Fsp3) is 0.143. The van der Waals surface area contributed by atoms with E-state index in [1.54, 1.807) is 12.1 Å². The van der Waals surface area contributed by atoms with Crippen molar-refractivity contribution in [2.24, 2.45) is 21.8 Å². The highest BCUT2D eigenvalue weighted by Crippen LogP contribution is 2.24. The minimum absolute atomic E-state index is 0.0645. The van der Waals surface area contributed by atoms with Gasteiger partial charge in [-0.25, -0.2) is 0 Å². The predicted molar refractivity (Wildman–Crippen MR) is 109 cm³/mol. The van der Waals surface area contributed by atoms with Crippen molar-refractivity contribution < 1.29 is 19.2 Å². The van der Waals surface area contributed by atoms with E-state index in [2.05, 4.69) is 10.3 Å². The van der Waals surface area contributed by atoms with Crippen molar-refractivity contribution in [3.05, 3.63) is 71.2 Å². The summed E-state index contributed by atoms with van der Waals surface area (Å²) >= 11 is 0. The Morgan fingerprint density at radius 2 is 1.17 bits per heavy atom. The number of furan rings is 2. The molecule has 0 unspecified atom stereocenters. The molecule has 0 atom stereocenters. The van der Waals surface area contributed by atoms with Crippen molar-refractivity contribution in [1.29, 1.82) is 0 Å². The van der Waals surface area contributed by atoms with Gasteiger partial charge in [-0.05, 0) is 55.0 Å². The maximum atomic E-state index is 8.80. The Morgan fingerprint density at radius 3 is 1.59 bits per heavy atom. The number of hydrogen-bond acceptors (Lipinski definition) is 6. The SMILES string of the molecule is NC(=NO)c1ccc2oc(CCCc3cc4cc(C(N)=NO)ccc4o3)cc2c1. The van der Waals surface area contributed by atoms with Crippen LogP contribution in [0.4, 0.5) is 0 Å². The maximum absolute atomic E-state index is 8.80. The van der Waals surface area contributed by atoms with Gasteiger partial charge in [0.2, 0.25) is 0 Å². The quantitative estimate of drug-likeness (QED) is 0.171. The van der Waals surface area contributed by atoms with E-state index in [-0.39, 0.29) is 11.7 Å². The van der Waals surface area contributed by atoms with E-state index in [9.17, 15) is 0 Å². The van der Waals surface area contributed by atoms with Crippen LogP contribution in [0.15, 0.2) is 67.7 Å². The first-order chi connectivity index (χ1) is 14.1. The highest BCUT2D eigenvalue weighted by molar-refractivity contribution is 6.00. The van der Waals surface area contributed by atoms with Gasteiger partial charge in [0, 0.05) is 34.7 Å². The van der Waals surface area contributed by atoms with Crippen LogP contribution < -0.4 is 11.5 Å². The van der Waals surface area contributed by atoms with Crippen molar-refractivity contribution in [1.82, 2.24) is 0 Å². The Bertz CT molecular complexity index is 1140. The third-order valence-electron chi connectivity index (χ3n) is 4.79. The third kappa shape index (κ3) is 3.73. The number of amidine groups is 2. The Balaban J connectivity index is 1.44. The van der Waals surface area contributed by atoms with E-state index in [0.29, 0.717) is 11.1 Å². The summed E-state index contributed by atoms with van der Waals surface area (Å²) in [7, 11) is 0. The fourth-order valence-electron chi connectivity index (χ4n) is 3.31. The van der Waals surface area contributed by atoms with Gasteiger partial charge >= 0.3 is 0 Å². The summed E-state index contributed by atoms with van der Waals surface area (Å²) < 4.78 is 11.7. The summed E-state index contributed by atoms with van der Waals surface area (Å²) in [5.74, 6) is 1.85. The highest BCUT2D eigenvalue weighted by atomic mass is 16.4. The normalized spacial score (nSPS) is 12.8. The fourth-order valence-corrected chi connectivity index (χ4v) is 3.31. The molecule has 8 nitrogen and oxygen atoms in total. The van der Waals surface area contributed by atoms with Gasteiger partial charge in [-0.15, -0.1) is 0 Å². The van der Waals surface area contributed by atoms with Gasteiger partial charge in [0.05, 0.1) is 0 Å². The van der Waals surface area contributed by atoms with Crippen molar-refractivity contribution in [3.8, 4) is 0 Å². The number of aryl methyl sites for hydroxylation is 2. The lowest BCUT2D eigenvalue weighted by atomic mass is 10.1. The van der Waals surface area contributed by atoms with Gasteiger partial charge in [0.15, 0.2) is 11.7 Å². The molecule has 6 N–H and O–H groups in total. The number of rotatable bonds is 6. The lowest BCUT2D eigenvalue weighted by molar-refractivity contribution is 0.318. The molecule has 148 valence electrons. The van der Waals surface area contributed by atoms with E-state index in [4.69, 9.17) is 30.7 Å². The number of benzene rings is 2. The van der Waals surface area contributed by atoms with Crippen molar-refractivity contribution in [3.63, 3.8) is 0 Å². The zero-order valence-corrected chi connectivity index (χ0v) is 15.5. The minimum atomic E-state index is 0.0645. The number of hydrogen-bond donors (Lipinski definition) is 4. The van der Waals surface area contributed by atoms with Crippen LogP contribution in [0.3, 0.4) is 0 Å². The van der Waals surface area contributed by atoms with Crippen molar-refractivity contribution >= 4 is 33.6 Å². The van der Waals surface area contributed by atoms with Crippen molar-refractivity contribution in [2.75, 3.05) is 0 Å². The molecule has 29 heavy (non-hydrogen) atoms. The molecule has 2 aromatic heterocycles. The van der Waals surface area contributed by atoms with Gasteiger partial charge in [0.1, 0.15) is 22.7 Å². The molecule has 0 fully saturated rings. The van der Waals surface area contributed by atoms with Crippen LogP contribution in [0.1, 0.15) is 29.1 Å². The summed E-state index contributed by atoms with van der Waals surface area (Å²) in [6.07, 6.45) is 2.35. The van der Waals surface area contributed by atoms with Crippen LogP contribution in [0, 0.1) is 0 Å². The Kier molecular flexibility index (Phi) is 4.82. The third-order valence-corrected chi connectivity index (χ3v) is 4.79. The Morgan fingerprint density at radius 1 is 0.724 bits per heavy atom. The monoisotopic (exact) mass is 392 g/mol. The van der Waals surface area contributed by atoms with E-state index in [0.717, 1.165) is 52.7 Å². The first-order valence-electron chi connectivity index (χ1n) is 9.08. The molecule has 0 saturated carbocycles. The van der Waals surface area contributed by atoms with E-state index < -0.39 is 0 Å². The highest BCUT2D eigenvalue weighted by Gasteiger charge is 2.09. The van der Waals surface area contributed by atoms with Crippen LogP contribution in [0.5, 0.6) is 0 Å². The van der Waals surface area contributed by atoms with Gasteiger partial charge < -0.3 is 30.7 Å². The first kappa shape index (κ1) is 18.4. The summed E-state index contributed by atoms with van der Waals surface area (Å²) in [5.41, 5.74) is 14.1. The predicted octanol–water partition coefficient (Wildman–Crippen LogP) is 3.54. The largest absolute Gasteiger partial charge is 0.461 e. The van der Waals surface area contributed by atoms with Crippen LogP contribution in [0.2, 0.25) is 0 Å². The molecule has 0 spiro atoms. The van der Waals surface area contributed by atoms with E-state index in [1.165, 1.54) is 0 Å². The van der Waals surface area contributed by atoms with Crippen LogP contribution in [-0.4, -0.2) is 22.1 Å². The molecule has 0 bridgehead atoms. The molecule has 0 radical (unpaired) electrons. The second-order valence-electron chi connectivity index (χ2n) is 6.75. The van der Waals surface area contributed by atoms with Crippen molar-refractivity contribution in [2.45, 2.75) is 19.3 Å². The van der Waals surface area contributed by atoms with Gasteiger partial charge in [-0.1, -0.05) is 10.3 Å². The number of nitrogens with zero attached hydrogens (tertiary/aromatic N) is 2. The zero-order valence-electron chi connectivity index (χ0n) is 15.5. The van der Waals surface area contributed by atoms with Gasteiger partial charge in [-0.3, -0.25) is 0 Å². The summed E-state index contributed by atoms with van der Waals surface area (Å²) in [6, 6.07) is 14.7. The molecule has 0 saturated heterocycles. The molecule has 4 aromatic rings. The molecule has 4 rings (SSSR count). The van der Waals surface area contributed by atoms with Crippen LogP contribution in [-0.2, 0) is 12.8 Å². The second-order valence-corrected chi connectivity index (χ2v) is 6.75. The molecule has 0 aliphatic rings. The summed E-state index contributed by atoms with van der Waals surface area (Å²) in [5, 5.41) is 25.5. The summed E-state index contributed by atoms with van der Waals surface area (Å²) in [6.45, 7) is 0. The standard InChI is InChI=1S/C21H20N4O4/c22-20(24-26)12-4-6-18-14(8-12)10-16(28-18)2-1-3-17-11-15-9-13(21(23)25-27)5-7-19(15)29-17/h4-11,26-27H,1-3H2,(H2,22,24)(H2,23,25). The lowest BCUT2D eigenvalue weighted by Crippen LogP contribution is -2.12. The molecule has 0 aliphatic carbocycles. The number of oxime groups is 2. The van der Waals surface area contributed by atoms with Gasteiger partial charge in [0.25, 0.3) is 0 Å². The average Bonchev–Trinajstić information content (AvgIpc) is 3.34. The number of nitrogens with two attached hydrogens (primary N) is 2. The molecule has 2 heterocycles. The topological polar surface area (TPSA) is 144 Å². The molecule has 2 aromatic carbocycles. The van der Waals surface area contributed by atoms with Crippen LogP contribution >= 0.6 is 0 Å². The summed E-state index contributed by atoms with van der Waals surface area (Å²) in [4.78, 5) is 0. The molecular formula is C21H20N4O4. The Labute approximate surface area is 165 Å². The first-order valence-corrected chi connectivity index (χ1v) is 9.08. The molecule has 8 heteroatoms.